The van der Waals surface area contributed by atoms with Crippen molar-refractivity contribution < 1.29 is 33.5 Å². The van der Waals surface area contributed by atoms with Crippen LogP contribution in [0.4, 0.5) is 4.39 Å². The van der Waals surface area contributed by atoms with Gasteiger partial charge in [0.05, 0.1) is 24.8 Å². The fraction of sp³-hybridized carbons (Fsp3) is 0.636. The first-order valence-corrected chi connectivity index (χ1v) is 14.8. The molecule has 3 atom stereocenters. The summed E-state index contributed by atoms with van der Waals surface area (Å²) in [6.07, 6.45) is 5.30. The minimum absolute atomic E-state index is 0.0558. The first-order chi connectivity index (χ1) is 19.3. The van der Waals surface area contributed by atoms with Gasteiger partial charge < -0.3 is 14.7 Å². The Labute approximate surface area is 245 Å². The summed E-state index contributed by atoms with van der Waals surface area (Å²) < 4.78 is 19.0. The number of Topliss-reactive ketones (excluding diaryl/α,β-unsaturated/α-hetero) is 3. The molecule has 1 rings (SSSR count). The maximum atomic E-state index is 13.8. The van der Waals surface area contributed by atoms with E-state index in [9.17, 15) is 23.9 Å². The standard InChI is InChI=1S/C33H50FNO6/c1-21(2)30(37)16-10-13-23(5)12-9-15-28(25(7)36)33(39)27(24(6)35-41-22(3)4)14-11-17-31(38)29-20-26(34)18-19-32(29)40-8/h14,18-23,28,31,38H,9-13,15-17H2,1-8H3/b27-14-,35-24+/t23-,28?,31?/m1/s1. The number of oxime groups is 1. The van der Waals surface area contributed by atoms with Crippen molar-refractivity contribution in [2.75, 3.05) is 7.11 Å². The molecule has 8 heteroatoms. The van der Waals surface area contributed by atoms with E-state index in [1.54, 1.807) is 13.0 Å². The van der Waals surface area contributed by atoms with Crippen molar-refractivity contribution in [2.24, 2.45) is 22.9 Å². The predicted molar refractivity (Wildman–Crippen MR) is 160 cm³/mol. The number of carbonyl (C=O) groups excluding carboxylic acids is 3. The molecule has 0 aliphatic heterocycles. The Bertz CT molecular complexity index is 1060. The van der Waals surface area contributed by atoms with Gasteiger partial charge in [0.1, 0.15) is 29.2 Å². The Morgan fingerprint density at radius 1 is 1.00 bits per heavy atom. The zero-order valence-electron chi connectivity index (χ0n) is 26.2. The molecular formula is C33H50FNO6. The molecule has 0 heterocycles. The van der Waals surface area contributed by atoms with E-state index < -0.39 is 17.8 Å². The minimum atomic E-state index is -1.02. The van der Waals surface area contributed by atoms with Crippen LogP contribution in [0.1, 0.15) is 112 Å². The normalized spacial score (nSPS) is 14.6. The Kier molecular flexibility index (Phi) is 16.3. The van der Waals surface area contributed by atoms with Gasteiger partial charge in [-0.2, -0.15) is 0 Å². The van der Waals surface area contributed by atoms with E-state index in [2.05, 4.69) is 12.1 Å². The quantitative estimate of drug-likeness (QED) is 0.0755. The Morgan fingerprint density at radius 2 is 1.66 bits per heavy atom. The SMILES string of the molecule is COc1ccc(F)cc1C(O)CC/C=C(C(=O)C(CCC[C@@H](C)CCCC(=O)C(C)C)C(C)=O)/C(C)=N/OC(C)C. The molecule has 41 heavy (non-hydrogen) atoms. The van der Waals surface area contributed by atoms with Gasteiger partial charge in [0.25, 0.3) is 0 Å². The van der Waals surface area contributed by atoms with Crippen LogP contribution in [-0.2, 0) is 19.2 Å². The van der Waals surface area contributed by atoms with E-state index in [-0.39, 0.29) is 47.8 Å². The largest absolute Gasteiger partial charge is 0.496 e. The first-order valence-electron chi connectivity index (χ1n) is 14.8. The molecule has 0 aromatic heterocycles. The third-order valence-electron chi connectivity index (χ3n) is 7.16. The number of methoxy groups -OCH3 is 1. The highest BCUT2D eigenvalue weighted by Crippen LogP contribution is 2.29. The maximum Gasteiger partial charge on any atom is 0.174 e. The number of aliphatic hydroxyl groups is 1. The minimum Gasteiger partial charge on any atom is -0.496 e. The summed E-state index contributed by atoms with van der Waals surface area (Å²) in [5.41, 5.74) is 0.965. The number of hydrogen-bond acceptors (Lipinski definition) is 7. The number of halogens is 1. The van der Waals surface area contributed by atoms with E-state index in [0.717, 1.165) is 19.3 Å². The average Bonchev–Trinajstić information content (AvgIpc) is 2.91. The molecule has 0 aliphatic rings. The Balaban J connectivity index is 2.98. The van der Waals surface area contributed by atoms with Crippen LogP contribution >= 0.6 is 0 Å². The second-order valence-electron chi connectivity index (χ2n) is 11.5. The number of aliphatic hydroxyl groups excluding tert-OH is 1. The van der Waals surface area contributed by atoms with Gasteiger partial charge in [0, 0.05) is 23.5 Å². The summed E-state index contributed by atoms with van der Waals surface area (Å²) in [5, 5.41) is 14.8. The Hall–Kier alpha value is -2.87. The van der Waals surface area contributed by atoms with Crippen LogP contribution in [0, 0.1) is 23.6 Å². The van der Waals surface area contributed by atoms with Crippen molar-refractivity contribution >= 4 is 23.1 Å². The van der Waals surface area contributed by atoms with Gasteiger partial charge in [0.15, 0.2) is 5.78 Å². The number of rotatable bonds is 20. The summed E-state index contributed by atoms with van der Waals surface area (Å²) in [7, 11) is 1.45. The lowest BCUT2D eigenvalue weighted by Crippen LogP contribution is -2.26. The van der Waals surface area contributed by atoms with Crippen molar-refractivity contribution in [3.63, 3.8) is 0 Å². The third kappa shape index (κ3) is 13.1. The molecular weight excluding hydrogens is 525 g/mol. The van der Waals surface area contributed by atoms with Gasteiger partial charge in [-0.05, 0) is 77.5 Å². The molecule has 1 aromatic rings. The zero-order valence-corrected chi connectivity index (χ0v) is 26.2. The third-order valence-corrected chi connectivity index (χ3v) is 7.16. The van der Waals surface area contributed by atoms with Crippen molar-refractivity contribution in [1.82, 2.24) is 0 Å². The van der Waals surface area contributed by atoms with Crippen molar-refractivity contribution in [3.8, 4) is 5.75 Å². The number of allylic oxidation sites excluding steroid dienone is 2. The van der Waals surface area contributed by atoms with Crippen LogP contribution in [0.5, 0.6) is 5.75 Å². The van der Waals surface area contributed by atoms with Crippen LogP contribution in [0.25, 0.3) is 0 Å². The monoisotopic (exact) mass is 575 g/mol. The lowest BCUT2D eigenvalue weighted by Gasteiger charge is -2.18. The number of benzene rings is 1. The summed E-state index contributed by atoms with van der Waals surface area (Å²) in [6, 6.07) is 3.95. The number of hydrogen-bond donors (Lipinski definition) is 1. The molecule has 7 nitrogen and oxygen atoms in total. The molecule has 0 saturated heterocycles. The van der Waals surface area contributed by atoms with Crippen LogP contribution in [0.15, 0.2) is 35.0 Å². The van der Waals surface area contributed by atoms with E-state index in [1.165, 1.54) is 32.2 Å². The average molecular weight is 576 g/mol. The topological polar surface area (TPSA) is 102 Å². The summed E-state index contributed by atoms with van der Waals surface area (Å²) in [5.74, 6) is -0.732. The van der Waals surface area contributed by atoms with Crippen molar-refractivity contribution in [3.05, 3.63) is 41.2 Å². The molecule has 0 saturated carbocycles. The molecule has 0 fully saturated rings. The summed E-state index contributed by atoms with van der Waals surface area (Å²) in [4.78, 5) is 43.5. The van der Waals surface area contributed by atoms with Crippen molar-refractivity contribution in [2.45, 2.75) is 112 Å². The van der Waals surface area contributed by atoms with Gasteiger partial charge in [-0.15, -0.1) is 0 Å². The van der Waals surface area contributed by atoms with Crippen LogP contribution in [-0.4, -0.2) is 41.4 Å². The van der Waals surface area contributed by atoms with E-state index >= 15 is 0 Å². The molecule has 0 spiro atoms. The zero-order chi connectivity index (χ0) is 31.1. The fourth-order valence-electron chi connectivity index (χ4n) is 4.60. The van der Waals surface area contributed by atoms with Crippen LogP contribution < -0.4 is 4.74 Å². The lowest BCUT2D eigenvalue weighted by atomic mass is 9.85. The first kappa shape index (κ1) is 36.2. The predicted octanol–water partition coefficient (Wildman–Crippen LogP) is 7.35. The number of carbonyl (C=O) groups is 3. The van der Waals surface area contributed by atoms with Crippen LogP contribution in [0.2, 0.25) is 0 Å². The van der Waals surface area contributed by atoms with Gasteiger partial charge in [-0.3, -0.25) is 14.4 Å². The van der Waals surface area contributed by atoms with Crippen LogP contribution in [0.3, 0.4) is 0 Å². The highest BCUT2D eigenvalue weighted by atomic mass is 19.1. The molecule has 1 aromatic carbocycles. The summed E-state index contributed by atoms with van der Waals surface area (Å²) in [6.45, 7) is 12.7. The van der Waals surface area contributed by atoms with E-state index in [1.807, 2.05) is 27.7 Å². The molecule has 1 N–H and O–H groups in total. The van der Waals surface area contributed by atoms with Gasteiger partial charge in [-0.1, -0.05) is 51.3 Å². The number of ether oxygens (including phenoxy) is 1. The lowest BCUT2D eigenvalue weighted by molar-refractivity contribution is -0.129. The second kappa shape index (κ2) is 18.5. The molecule has 0 aliphatic carbocycles. The Morgan fingerprint density at radius 3 is 2.24 bits per heavy atom. The van der Waals surface area contributed by atoms with E-state index in [4.69, 9.17) is 9.57 Å². The number of nitrogens with zero attached hydrogens (tertiary/aromatic N) is 1. The van der Waals surface area contributed by atoms with Gasteiger partial charge in [-0.25, -0.2) is 4.39 Å². The highest BCUT2D eigenvalue weighted by Gasteiger charge is 2.28. The molecule has 2 unspecified atom stereocenters. The molecule has 230 valence electrons. The molecule has 0 amide bonds. The summed E-state index contributed by atoms with van der Waals surface area (Å²) >= 11 is 0. The fourth-order valence-corrected chi connectivity index (χ4v) is 4.60. The smallest absolute Gasteiger partial charge is 0.174 e. The maximum absolute atomic E-state index is 13.8. The second-order valence-corrected chi connectivity index (χ2v) is 11.5. The van der Waals surface area contributed by atoms with E-state index in [0.29, 0.717) is 42.2 Å². The van der Waals surface area contributed by atoms with Crippen molar-refractivity contribution in [1.29, 1.82) is 0 Å². The highest BCUT2D eigenvalue weighted by molar-refractivity contribution is 6.25. The molecule has 0 radical (unpaired) electrons. The van der Waals surface area contributed by atoms with Gasteiger partial charge in [0.2, 0.25) is 0 Å². The van der Waals surface area contributed by atoms with Gasteiger partial charge >= 0.3 is 0 Å². The number of ketones is 3. The molecule has 0 bridgehead atoms.